The van der Waals surface area contributed by atoms with Crippen LogP contribution in [-0.2, 0) is 0 Å². The largest absolute Gasteiger partial charge is 0.478 e. The second-order valence-corrected chi connectivity index (χ2v) is 4.76. The number of ether oxygens (including phenoxy) is 1. The van der Waals surface area contributed by atoms with Gasteiger partial charge in [0.15, 0.2) is 0 Å². The van der Waals surface area contributed by atoms with Gasteiger partial charge in [0.1, 0.15) is 0 Å². The van der Waals surface area contributed by atoms with Crippen molar-refractivity contribution in [1.82, 2.24) is 9.97 Å². The molecule has 0 aliphatic carbocycles. The van der Waals surface area contributed by atoms with E-state index in [1.807, 2.05) is 24.9 Å². The third-order valence-corrected chi connectivity index (χ3v) is 3.41. The Morgan fingerprint density at radius 1 is 1.47 bits per heavy atom. The molecule has 4 nitrogen and oxygen atoms in total. The molecule has 0 saturated heterocycles. The minimum atomic E-state index is 0.343. The van der Waals surface area contributed by atoms with Crippen molar-refractivity contribution in [1.29, 1.82) is 0 Å². The van der Waals surface area contributed by atoms with Crippen LogP contribution in [0.25, 0.3) is 0 Å². The van der Waals surface area contributed by atoms with Crippen molar-refractivity contribution >= 4 is 21.9 Å². The van der Waals surface area contributed by atoms with Crippen LogP contribution in [0.4, 0.5) is 5.95 Å². The van der Waals surface area contributed by atoms with Gasteiger partial charge in [0.2, 0.25) is 11.8 Å². The zero-order valence-corrected chi connectivity index (χ0v) is 12.5. The molecule has 1 rings (SSSR count). The first kappa shape index (κ1) is 14.2. The van der Waals surface area contributed by atoms with Gasteiger partial charge in [0.05, 0.1) is 6.61 Å². The van der Waals surface area contributed by atoms with Gasteiger partial charge in [-0.2, -0.15) is 4.98 Å². The Morgan fingerprint density at radius 2 is 2.18 bits per heavy atom. The van der Waals surface area contributed by atoms with Crippen molar-refractivity contribution in [2.45, 2.75) is 33.2 Å². The highest BCUT2D eigenvalue weighted by molar-refractivity contribution is 9.09. The summed E-state index contributed by atoms with van der Waals surface area (Å²) in [4.78, 5) is 10.9. The van der Waals surface area contributed by atoms with E-state index in [2.05, 4.69) is 39.7 Å². The molecule has 0 radical (unpaired) electrons. The molecule has 0 aliphatic heterocycles. The van der Waals surface area contributed by atoms with Crippen molar-refractivity contribution < 1.29 is 4.74 Å². The summed E-state index contributed by atoms with van der Waals surface area (Å²) in [6.07, 6.45) is 0.978. The van der Waals surface area contributed by atoms with E-state index in [9.17, 15) is 0 Å². The van der Waals surface area contributed by atoms with E-state index in [1.165, 1.54) is 0 Å². The monoisotopic (exact) mass is 301 g/mol. The van der Waals surface area contributed by atoms with Crippen LogP contribution >= 0.6 is 15.9 Å². The van der Waals surface area contributed by atoms with Crippen LogP contribution in [0, 0.1) is 6.92 Å². The third-order valence-electron chi connectivity index (χ3n) is 2.47. The number of rotatable bonds is 6. The minimum Gasteiger partial charge on any atom is -0.478 e. The van der Waals surface area contributed by atoms with E-state index < -0.39 is 0 Å². The minimum absolute atomic E-state index is 0.343. The lowest BCUT2D eigenvalue weighted by Gasteiger charge is -2.23. The molecule has 0 N–H and O–H groups in total. The molecule has 0 spiro atoms. The smallest absolute Gasteiger partial charge is 0.228 e. The van der Waals surface area contributed by atoms with Crippen LogP contribution in [0.3, 0.4) is 0 Å². The van der Waals surface area contributed by atoms with Gasteiger partial charge >= 0.3 is 0 Å². The summed E-state index contributed by atoms with van der Waals surface area (Å²) in [6.45, 7) is 6.84. The van der Waals surface area contributed by atoms with Crippen LogP contribution in [0.15, 0.2) is 6.07 Å². The van der Waals surface area contributed by atoms with Gasteiger partial charge in [-0.25, -0.2) is 4.98 Å². The fourth-order valence-electron chi connectivity index (χ4n) is 1.26. The fourth-order valence-corrected chi connectivity index (χ4v) is 1.70. The standard InChI is InChI=1S/C12H20BrN3O/c1-5-6-17-11-7-9(2)14-12(15-11)16(4)10(3)8-13/h7,10H,5-6,8H2,1-4H3. The SMILES string of the molecule is CCCOc1cc(C)nc(N(C)C(C)CBr)n1. The number of anilines is 1. The number of alkyl halides is 1. The molecule has 5 heteroatoms. The first-order chi connectivity index (χ1) is 8.08. The molecule has 0 fully saturated rings. The molecule has 0 bridgehead atoms. The highest BCUT2D eigenvalue weighted by atomic mass is 79.9. The van der Waals surface area contributed by atoms with E-state index in [0.29, 0.717) is 24.5 Å². The number of aryl methyl sites for hydroxylation is 1. The predicted molar refractivity (Wildman–Crippen MR) is 74.2 cm³/mol. The molecular weight excluding hydrogens is 282 g/mol. The lowest BCUT2D eigenvalue weighted by molar-refractivity contribution is 0.304. The van der Waals surface area contributed by atoms with Gasteiger partial charge in [-0.3, -0.25) is 0 Å². The predicted octanol–water partition coefficient (Wildman–Crippen LogP) is 2.79. The topological polar surface area (TPSA) is 38.2 Å². The summed E-state index contributed by atoms with van der Waals surface area (Å²) < 4.78 is 5.55. The lowest BCUT2D eigenvalue weighted by Crippen LogP contribution is -2.31. The number of nitrogens with zero attached hydrogens (tertiary/aromatic N) is 3. The molecule has 1 atom stereocenters. The molecule has 0 amide bonds. The molecule has 96 valence electrons. The number of hydrogen-bond donors (Lipinski definition) is 0. The molecule has 0 aromatic carbocycles. The molecule has 1 aromatic heterocycles. The first-order valence-electron chi connectivity index (χ1n) is 5.85. The Balaban J connectivity index is 2.88. The van der Waals surface area contributed by atoms with Gasteiger partial charge in [-0.1, -0.05) is 22.9 Å². The third kappa shape index (κ3) is 4.15. The lowest BCUT2D eigenvalue weighted by atomic mass is 10.3. The summed E-state index contributed by atoms with van der Waals surface area (Å²) >= 11 is 3.46. The molecule has 1 unspecified atom stereocenters. The molecule has 0 aliphatic rings. The van der Waals surface area contributed by atoms with Gasteiger partial charge in [-0.15, -0.1) is 0 Å². The summed E-state index contributed by atoms with van der Waals surface area (Å²) in [5.74, 6) is 1.37. The second kappa shape index (κ2) is 6.79. The van der Waals surface area contributed by atoms with E-state index in [1.54, 1.807) is 0 Å². The van der Waals surface area contributed by atoms with E-state index in [0.717, 1.165) is 17.4 Å². The van der Waals surface area contributed by atoms with E-state index in [-0.39, 0.29) is 0 Å². The number of halogens is 1. The Hall–Kier alpha value is -0.840. The zero-order valence-electron chi connectivity index (χ0n) is 10.9. The fraction of sp³-hybridized carbons (Fsp3) is 0.667. The normalized spacial score (nSPS) is 12.3. The first-order valence-corrected chi connectivity index (χ1v) is 6.98. The van der Waals surface area contributed by atoms with Crippen molar-refractivity contribution in [2.24, 2.45) is 0 Å². The van der Waals surface area contributed by atoms with Crippen LogP contribution in [-0.4, -0.2) is 35.0 Å². The average molecular weight is 302 g/mol. The highest BCUT2D eigenvalue weighted by Gasteiger charge is 2.13. The molecule has 1 aromatic rings. The summed E-state index contributed by atoms with van der Waals surface area (Å²) in [7, 11) is 1.99. The Kier molecular flexibility index (Phi) is 5.68. The Labute approximate surface area is 112 Å². The summed E-state index contributed by atoms with van der Waals surface area (Å²) in [5.41, 5.74) is 0.926. The van der Waals surface area contributed by atoms with Gasteiger partial charge in [-0.05, 0) is 20.3 Å². The quantitative estimate of drug-likeness (QED) is 0.757. The van der Waals surface area contributed by atoms with Crippen LogP contribution in [0.2, 0.25) is 0 Å². The molecule has 17 heavy (non-hydrogen) atoms. The number of aromatic nitrogens is 2. The highest BCUT2D eigenvalue weighted by Crippen LogP contribution is 2.17. The van der Waals surface area contributed by atoms with E-state index >= 15 is 0 Å². The van der Waals surface area contributed by atoms with Gasteiger partial charge in [0.25, 0.3) is 0 Å². The van der Waals surface area contributed by atoms with E-state index in [4.69, 9.17) is 4.74 Å². The Bertz CT molecular complexity index is 360. The van der Waals surface area contributed by atoms with Gasteiger partial charge < -0.3 is 9.64 Å². The van der Waals surface area contributed by atoms with Crippen LogP contribution in [0.1, 0.15) is 26.0 Å². The molecule has 1 heterocycles. The maximum absolute atomic E-state index is 5.55. The van der Waals surface area contributed by atoms with Crippen molar-refractivity contribution in [3.8, 4) is 5.88 Å². The van der Waals surface area contributed by atoms with Crippen molar-refractivity contribution in [3.63, 3.8) is 0 Å². The summed E-state index contributed by atoms with van der Waals surface area (Å²) in [6, 6.07) is 2.21. The summed E-state index contributed by atoms with van der Waals surface area (Å²) in [5, 5.41) is 0.881. The average Bonchev–Trinajstić information content (AvgIpc) is 2.33. The maximum Gasteiger partial charge on any atom is 0.228 e. The van der Waals surface area contributed by atoms with Crippen molar-refractivity contribution in [2.75, 3.05) is 23.9 Å². The van der Waals surface area contributed by atoms with Crippen molar-refractivity contribution in [3.05, 3.63) is 11.8 Å². The zero-order chi connectivity index (χ0) is 12.8. The van der Waals surface area contributed by atoms with Gasteiger partial charge in [0, 0.05) is 30.2 Å². The number of hydrogen-bond acceptors (Lipinski definition) is 4. The molecule has 0 saturated carbocycles. The van der Waals surface area contributed by atoms with Crippen LogP contribution in [0.5, 0.6) is 5.88 Å². The maximum atomic E-state index is 5.55. The second-order valence-electron chi connectivity index (χ2n) is 4.11. The molecular formula is C12H20BrN3O. The Morgan fingerprint density at radius 3 is 2.76 bits per heavy atom. The van der Waals surface area contributed by atoms with Crippen LogP contribution < -0.4 is 9.64 Å².